The molecule has 0 aliphatic carbocycles. The van der Waals surface area contributed by atoms with Gasteiger partial charge in [0.1, 0.15) is 5.58 Å². The van der Waals surface area contributed by atoms with Crippen molar-refractivity contribution >= 4 is 18.8 Å². The number of hydrogen-bond acceptors (Lipinski definition) is 4. The van der Waals surface area contributed by atoms with Crippen molar-refractivity contribution in [2.75, 3.05) is 14.2 Å². The van der Waals surface area contributed by atoms with Gasteiger partial charge in [0.15, 0.2) is 16.9 Å². The highest BCUT2D eigenvalue weighted by Crippen LogP contribution is 2.31. The molecule has 2 aromatic rings. The van der Waals surface area contributed by atoms with Crippen molar-refractivity contribution in [3.63, 3.8) is 0 Å². The van der Waals surface area contributed by atoms with Gasteiger partial charge in [-0.15, -0.1) is 0 Å². The number of unbranched alkanes of at least 4 members (excludes halogenated alkanes) is 1. The summed E-state index contributed by atoms with van der Waals surface area (Å²) in [6, 6.07) is 3.33. The van der Waals surface area contributed by atoms with E-state index in [9.17, 15) is 4.79 Å². The van der Waals surface area contributed by atoms with E-state index < -0.39 is 0 Å². The fraction of sp³-hybridized carbons (Fsp3) is 0.400. The summed E-state index contributed by atoms with van der Waals surface area (Å²) in [4.78, 5) is 12.4. The maximum Gasteiger partial charge on any atom is 0.195 e. The zero-order valence-electron chi connectivity index (χ0n) is 11.8. The van der Waals surface area contributed by atoms with E-state index in [0.29, 0.717) is 40.8 Å². The van der Waals surface area contributed by atoms with E-state index in [-0.39, 0.29) is 5.43 Å². The standard InChI is InChI=1S/C15H17BO4/c1-18-13-7-11-12(8-14(13)19-2)20-9-10(15(11)17)5-3-4-6-16/h7-9H,3-6H2,1-2H3. The molecule has 0 atom stereocenters. The molecule has 2 radical (unpaired) electrons. The van der Waals surface area contributed by atoms with Gasteiger partial charge in [0.05, 0.1) is 33.7 Å². The van der Waals surface area contributed by atoms with Crippen LogP contribution in [0.25, 0.3) is 11.0 Å². The van der Waals surface area contributed by atoms with Crippen LogP contribution < -0.4 is 14.9 Å². The van der Waals surface area contributed by atoms with Crippen molar-refractivity contribution in [2.24, 2.45) is 0 Å². The lowest BCUT2D eigenvalue weighted by atomic mass is 9.98. The van der Waals surface area contributed by atoms with E-state index >= 15 is 0 Å². The molecule has 0 saturated carbocycles. The number of hydrogen-bond donors (Lipinski definition) is 0. The SMILES string of the molecule is [B]CCCCc1coc2cc(OC)c(OC)cc2c1=O. The second-order valence-electron chi connectivity index (χ2n) is 4.54. The zero-order valence-corrected chi connectivity index (χ0v) is 11.8. The van der Waals surface area contributed by atoms with Gasteiger partial charge in [-0.25, -0.2) is 0 Å². The first-order chi connectivity index (χ1) is 9.71. The molecule has 0 aliphatic rings. The molecule has 2 rings (SSSR count). The monoisotopic (exact) mass is 272 g/mol. The molecule has 1 aromatic heterocycles. The zero-order chi connectivity index (χ0) is 14.5. The summed E-state index contributed by atoms with van der Waals surface area (Å²) in [5.41, 5.74) is 1.14. The fourth-order valence-corrected chi connectivity index (χ4v) is 2.13. The van der Waals surface area contributed by atoms with E-state index in [1.807, 2.05) is 0 Å². The molecule has 0 fully saturated rings. The summed E-state index contributed by atoms with van der Waals surface area (Å²) in [6.45, 7) is 0. The van der Waals surface area contributed by atoms with Gasteiger partial charge in [-0.3, -0.25) is 4.79 Å². The van der Waals surface area contributed by atoms with Crippen molar-refractivity contribution in [2.45, 2.75) is 25.6 Å². The Morgan fingerprint density at radius 3 is 2.50 bits per heavy atom. The van der Waals surface area contributed by atoms with Crippen LogP contribution in [-0.4, -0.2) is 22.1 Å². The highest BCUT2D eigenvalue weighted by atomic mass is 16.5. The van der Waals surface area contributed by atoms with E-state index in [0.717, 1.165) is 12.8 Å². The van der Waals surface area contributed by atoms with Gasteiger partial charge in [-0.2, -0.15) is 0 Å². The first kappa shape index (κ1) is 14.5. The smallest absolute Gasteiger partial charge is 0.195 e. The quantitative estimate of drug-likeness (QED) is 0.599. The van der Waals surface area contributed by atoms with E-state index in [4.69, 9.17) is 21.7 Å². The molecule has 0 spiro atoms. The number of fused-ring (bicyclic) bond motifs is 1. The molecule has 0 amide bonds. The molecule has 1 heterocycles. The summed E-state index contributed by atoms with van der Waals surface area (Å²) in [5, 5.41) is 0.507. The molecule has 0 saturated heterocycles. The first-order valence-corrected chi connectivity index (χ1v) is 6.57. The Balaban J connectivity index is 2.46. The fourth-order valence-electron chi connectivity index (χ4n) is 2.13. The summed E-state index contributed by atoms with van der Waals surface area (Å²) in [7, 11) is 8.54. The third-order valence-corrected chi connectivity index (χ3v) is 3.25. The minimum absolute atomic E-state index is 0.0239. The van der Waals surface area contributed by atoms with Crippen LogP contribution in [0.4, 0.5) is 0 Å². The minimum Gasteiger partial charge on any atom is -0.493 e. The van der Waals surface area contributed by atoms with E-state index in [1.54, 1.807) is 19.2 Å². The lowest BCUT2D eigenvalue weighted by molar-refractivity contribution is 0.355. The van der Waals surface area contributed by atoms with Crippen molar-refractivity contribution in [3.8, 4) is 11.5 Å². The van der Waals surface area contributed by atoms with Gasteiger partial charge >= 0.3 is 0 Å². The summed E-state index contributed by atoms with van der Waals surface area (Å²) < 4.78 is 15.9. The number of benzene rings is 1. The van der Waals surface area contributed by atoms with Gasteiger partial charge in [0.2, 0.25) is 0 Å². The lowest BCUT2D eigenvalue weighted by Crippen LogP contribution is -2.09. The minimum atomic E-state index is -0.0239. The largest absolute Gasteiger partial charge is 0.493 e. The van der Waals surface area contributed by atoms with E-state index in [2.05, 4.69) is 0 Å². The average molecular weight is 272 g/mol. The predicted octanol–water partition coefficient (Wildman–Crippen LogP) is 2.72. The lowest BCUT2D eigenvalue weighted by Gasteiger charge is -2.09. The highest BCUT2D eigenvalue weighted by molar-refractivity contribution is 6.08. The molecular weight excluding hydrogens is 255 g/mol. The second-order valence-corrected chi connectivity index (χ2v) is 4.54. The van der Waals surface area contributed by atoms with Gasteiger partial charge in [0, 0.05) is 11.6 Å². The van der Waals surface area contributed by atoms with Crippen LogP contribution in [0.5, 0.6) is 11.5 Å². The highest BCUT2D eigenvalue weighted by Gasteiger charge is 2.12. The third kappa shape index (κ3) is 2.81. The number of methoxy groups -OCH3 is 2. The van der Waals surface area contributed by atoms with Crippen LogP contribution in [-0.2, 0) is 6.42 Å². The van der Waals surface area contributed by atoms with Gasteiger partial charge in [0.25, 0.3) is 0 Å². The van der Waals surface area contributed by atoms with Crippen molar-refractivity contribution < 1.29 is 13.9 Å². The molecule has 0 bridgehead atoms. The summed E-state index contributed by atoms with van der Waals surface area (Å²) in [5.74, 6) is 1.06. The van der Waals surface area contributed by atoms with Gasteiger partial charge < -0.3 is 13.9 Å². The van der Waals surface area contributed by atoms with Crippen LogP contribution in [0.1, 0.15) is 18.4 Å². The Bertz CT molecular complexity index is 648. The van der Waals surface area contributed by atoms with Gasteiger partial charge in [-0.05, 0) is 18.9 Å². The Morgan fingerprint density at radius 2 is 1.85 bits per heavy atom. The molecule has 104 valence electrons. The Hall–Kier alpha value is -1.91. The van der Waals surface area contributed by atoms with Crippen LogP contribution in [0.3, 0.4) is 0 Å². The topological polar surface area (TPSA) is 48.7 Å². The Labute approximate surface area is 119 Å². The van der Waals surface area contributed by atoms with Crippen molar-refractivity contribution in [1.29, 1.82) is 0 Å². The van der Waals surface area contributed by atoms with Crippen LogP contribution in [0.15, 0.2) is 27.6 Å². The summed E-state index contributed by atoms with van der Waals surface area (Å²) in [6.07, 6.45) is 4.59. The van der Waals surface area contributed by atoms with Crippen LogP contribution in [0.2, 0.25) is 6.32 Å². The average Bonchev–Trinajstić information content (AvgIpc) is 2.48. The molecule has 0 N–H and O–H groups in total. The molecule has 5 heteroatoms. The van der Waals surface area contributed by atoms with Crippen LogP contribution >= 0.6 is 0 Å². The number of rotatable bonds is 6. The Kier molecular flexibility index (Phi) is 4.72. The van der Waals surface area contributed by atoms with Crippen molar-refractivity contribution in [3.05, 3.63) is 34.2 Å². The molecule has 1 aromatic carbocycles. The normalized spacial score (nSPS) is 10.7. The first-order valence-electron chi connectivity index (χ1n) is 6.57. The molecule has 0 unspecified atom stereocenters. The molecular formula is C15H17BO4. The maximum absolute atomic E-state index is 12.4. The van der Waals surface area contributed by atoms with Gasteiger partial charge in [-0.1, -0.05) is 12.7 Å². The second kappa shape index (κ2) is 6.50. The van der Waals surface area contributed by atoms with E-state index in [1.165, 1.54) is 13.4 Å². The number of ether oxygens (including phenoxy) is 2. The predicted molar refractivity (Wildman–Crippen MR) is 79.1 cm³/mol. The van der Waals surface area contributed by atoms with Crippen LogP contribution in [0, 0.1) is 0 Å². The maximum atomic E-state index is 12.4. The molecule has 4 nitrogen and oxygen atoms in total. The Morgan fingerprint density at radius 1 is 1.15 bits per heavy atom. The molecule has 0 aliphatic heterocycles. The molecule has 20 heavy (non-hydrogen) atoms. The summed E-state index contributed by atoms with van der Waals surface area (Å²) >= 11 is 0. The van der Waals surface area contributed by atoms with Crippen molar-refractivity contribution in [1.82, 2.24) is 0 Å². The number of aryl methyl sites for hydroxylation is 1. The third-order valence-electron chi connectivity index (χ3n) is 3.25.